The molecule has 1 amide bonds. The van der Waals surface area contributed by atoms with Crippen molar-refractivity contribution in [3.8, 4) is 0 Å². The molecule has 0 aliphatic rings. The summed E-state index contributed by atoms with van der Waals surface area (Å²) in [6.45, 7) is -0.317. The van der Waals surface area contributed by atoms with Crippen LogP contribution in [0.25, 0.3) is 6.08 Å². The number of halogens is 1. The first-order valence-electron chi connectivity index (χ1n) is 6.06. The Kier molecular flexibility index (Phi) is 5.71. The van der Waals surface area contributed by atoms with Crippen LogP contribution in [0.15, 0.2) is 51.6 Å². The van der Waals surface area contributed by atoms with E-state index < -0.39 is 5.97 Å². The zero-order chi connectivity index (χ0) is 15.1. The first-order valence-corrected chi connectivity index (χ1v) is 7.79. The summed E-state index contributed by atoms with van der Waals surface area (Å²) in [5.74, 6) is -0.929. The third-order valence-electron chi connectivity index (χ3n) is 2.43. The van der Waals surface area contributed by atoms with Gasteiger partial charge in [-0.05, 0) is 52.7 Å². The van der Waals surface area contributed by atoms with Crippen molar-refractivity contribution in [2.45, 2.75) is 0 Å². The number of anilines is 1. The van der Waals surface area contributed by atoms with Gasteiger partial charge in [0, 0.05) is 16.2 Å². The summed E-state index contributed by atoms with van der Waals surface area (Å²) < 4.78 is 5.78. The zero-order valence-electron chi connectivity index (χ0n) is 10.9. The maximum absolute atomic E-state index is 11.6. The summed E-state index contributed by atoms with van der Waals surface area (Å²) in [6, 6.07) is 9.01. The minimum atomic E-state index is -0.549. The van der Waals surface area contributed by atoms with Crippen LogP contribution in [-0.4, -0.2) is 18.5 Å². The lowest BCUT2D eigenvalue weighted by atomic mass is 10.3. The van der Waals surface area contributed by atoms with E-state index in [-0.39, 0.29) is 12.5 Å². The molecule has 1 aromatic heterocycles. The lowest BCUT2D eigenvalue weighted by Crippen LogP contribution is -2.20. The van der Waals surface area contributed by atoms with E-state index in [9.17, 15) is 9.59 Å². The van der Waals surface area contributed by atoms with Crippen LogP contribution in [-0.2, 0) is 14.3 Å². The van der Waals surface area contributed by atoms with Crippen LogP contribution in [0.2, 0.25) is 0 Å². The van der Waals surface area contributed by atoms with E-state index >= 15 is 0 Å². The van der Waals surface area contributed by atoms with Crippen molar-refractivity contribution in [2.75, 3.05) is 11.9 Å². The summed E-state index contributed by atoms with van der Waals surface area (Å²) in [7, 11) is 0. The molecule has 0 radical (unpaired) electrons. The van der Waals surface area contributed by atoms with Gasteiger partial charge in [-0.3, -0.25) is 4.79 Å². The highest BCUT2D eigenvalue weighted by Gasteiger charge is 2.05. The van der Waals surface area contributed by atoms with Crippen molar-refractivity contribution in [3.05, 3.63) is 57.2 Å². The van der Waals surface area contributed by atoms with Crippen LogP contribution < -0.4 is 5.32 Å². The minimum Gasteiger partial charge on any atom is -0.452 e. The number of carbonyl (C=O) groups is 2. The topological polar surface area (TPSA) is 55.4 Å². The van der Waals surface area contributed by atoms with Crippen LogP contribution >= 0.6 is 27.3 Å². The number of amides is 1. The Morgan fingerprint density at radius 3 is 2.67 bits per heavy atom. The van der Waals surface area contributed by atoms with Crippen LogP contribution in [0.5, 0.6) is 0 Å². The Morgan fingerprint density at radius 1 is 1.24 bits per heavy atom. The first-order chi connectivity index (χ1) is 10.1. The van der Waals surface area contributed by atoms with Crippen LogP contribution in [0.1, 0.15) is 5.56 Å². The molecule has 21 heavy (non-hydrogen) atoms. The Morgan fingerprint density at radius 2 is 2.00 bits per heavy atom. The fourth-order valence-electron chi connectivity index (χ4n) is 1.45. The Hall–Kier alpha value is -1.92. The zero-order valence-corrected chi connectivity index (χ0v) is 13.3. The molecule has 2 aromatic rings. The van der Waals surface area contributed by atoms with Crippen molar-refractivity contribution in [1.29, 1.82) is 0 Å². The van der Waals surface area contributed by atoms with Crippen molar-refractivity contribution in [2.24, 2.45) is 0 Å². The van der Waals surface area contributed by atoms with Gasteiger partial charge in [-0.15, -0.1) is 0 Å². The first kappa shape index (κ1) is 15.5. The van der Waals surface area contributed by atoms with E-state index in [2.05, 4.69) is 21.2 Å². The van der Waals surface area contributed by atoms with Crippen LogP contribution in [0, 0.1) is 0 Å². The molecule has 1 heterocycles. The van der Waals surface area contributed by atoms with Crippen LogP contribution in [0.3, 0.4) is 0 Å². The number of esters is 1. The Balaban J connectivity index is 1.75. The predicted molar refractivity (Wildman–Crippen MR) is 87.1 cm³/mol. The van der Waals surface area contributed by atoms with Gasteiger partial charge in [0.2, 0.25) is 0 Å². The highest BCUT2D eigenvalue weighted by Crippen LogP contribution is 2.14. The van der Waals surface area contributed by atoms with E-state index in [0.717, 1.165) is 10.0 Å². The molecule has 1 aromatic carbocycles. The number of carbonyl (C=O) groups excluding carboxylic acids is 2. The summed E-state index contributed by atoms with van der Waals surface area (Å²) in [5, 5.41) is 6.45. The summed E-state index contributed by atoms with van der Waals surface area (Å²) in [6.07, 6.45) is 2.94. The third kappa shape index (κ3) is 5.53. The number of hydrogen-bond acceptors (Lipinski definition) is 4. The van der Waals surface area contributed by atoms with E-state index in [1.54, 1.807) is 29.5 Å². The molecule has 0 spiro atoms. The second-order valence-corrected chi connectivity index (χ2v) is 5.75. The molecule has 1 N–H and O–H groups in total. The summed E-state index contributed by atoms with van der Waals surface area (Å²) in [4.78, 5) is 23.1. The van der Waals surface area contributed by atoms with Crippen LogP contribution in [0.4, 0.5) is 5.69 Å². The third-order valence-corrected chi connectivity index (χ3v) is 3.66. The number of benzene rings is 1. The van der Waals surface area contributed by atoms with E-state index in [1.807, 2.05) is 29.0 Å². The SMILES string of the molecule is O=C(COC(=O)/C=C/c1ccsc1)Nc1ccc(Br)cc1. The lowest BCUT2D eigenvalue weighted by Gasteiger charge is -2.05. The fraction of sp³-hybridized carbons (Fsp3) is 0.0667. The molecule has 0 saturated heterocycles. The van der Waals surface area contributed by atoms with Crippen molar-refractivity contribution >= 4 is 50.9 Å². The van der Waals surface area contributed by atoms with Crippen molar-refractivity contribution in [3.63, 3.8) is 0 Å². The standard InChI is InChI=1S/C15H12BrNO3S/c16-12-2-4-13(5-3-12)17-14(18)9-20-15(19)6-1-11-7-8-21-10-11/h1-8,10H,9H2,(H,17,18)/b6-1+. The molecule has 0 aliphatic carbocycles. The second-order valence-electron chi connectivity index (χ2n) is 4.05. The normalized spacial score (nSPS) is 10.5. The van der Waals surface area contributed by atoms with Gasteiger partial charge in [0.05, 0.1) is 0 Å². The lowest BCUT2D eigenvalue weighted by molar-refractivity contribution is -0.142. The molecule has 0 unspecified atom stereocenters. The highest BCUT2D eigenvalue weighted by atomic mass is 79.9. The molecular weight excluding hydrogens is 354 g/mol. The van der Waals surface area contributed by atoms with Gasteiger partial charge in [0.15, 0.2) is 6.61 Å². The van der Waals surface area contributed by atoms with Crippen molar-refractivity contribution < 1.29 is 14.3 Å². The average Bonchev–Trinajstić information content (AvgIpc) is 2.99. The Bertz CT molecular complexity index is 635. The maximum atomic E-state index is 11.6. The molecule has 0 atom stereocenters. The number of ether oxygens (including phenoxy) is 1. The molecule has 6 heteroatoms. The monoisotopic (exact) mass is 365 g/mol. The van der Waals surface area contributed by atoms with Gasteiger partial charge in [0.25, 0.3) is 5.91 Å². The van der Waals surface area contributed by atoms with E-state index in [1.165, 1.54) is 6.08 Å². The van der Waals surface area contributed by atoms with Gasteiger partial charge in [0.1, 0.15) is 0 Å². The molecule has 108 valence electrons. The van der Waals surface area contributed by atoms with Crippen molar-refractivity contribution in [1.82, 2.24) is 0 Å². The maximum Gasteiger partial charge on any atom is 0.331 e. The molecule has 0 bridgehead atoms. The number of rotatable bonds is 5. The highest BCUT2D eigenvalue weighted by molar-refractivity contribution is 9.10. The summed E-state index contributed by atoms with van der Waals surface area (Å²) >= 11 is 4.85. The number of nitrogens with one attached hydrogen (secondary N) is 1. The van der Waals surface area contributed by atoms with Gasteiger partial charge < -0.3 is 10.1 Å². The quantitative estimate of drug-likeness (QED) is 0.649. The van der Waals surface area contributed by atoms with E-state index in [0.29, 0.717) is 5.69 Å². The fourth-order valence-corrected chi connectivity index (χ4v) is 2.34. The second kappa shape index (κ2) is 7.75. The Labute approximate surface area is 134 Å². The molecule has 4 nitrogen and oxygen atoms in total. The summed E-state index contributed by atoms with van der Waals surface area (Å²) in [5.41, 5.74) is 1.57. The average molecular weight is 366 g/mol. The smallest absolute Gasteiger partial charge is 0.331 e. The minimum absolute atomic E-state index is 0.317. The number of thiophene rings is 1. The van der Waals surface area contributed by atoms with Gasteiger partial charge in [-0.1, -0.05) is 15.9 Å². The molecule has 0 aliphatic heterocycles. The molecule has 2 rings (SSSR count). The van der Waals surface area contributed by atoms with E-state index in [4.69, 9.17) is 4.74 Å². The van der Waals surface area contributed by atoms with Gasteiger partial charge in [-0.2, -0.15) is 11.3 Å². The molecule has 0 saturated carbocycles. The number of hydrogen-bond donors (Lipinski definition) is 1. The molecule has 0 fully saturated rings. The van der Waals surface area contributed by atoms with Gasteiger partial charge in [-0.25, -0.2) is 4.79 Å². The molecular formula is C15H12BrNO3S. The van der Waals surface area contributed by atoms with Gasteiger partial charge >= 0.3 is 5.97 Å². The predicted octanol–water partition coefficient (Wildman–Crippen LogP) is 3.71. The largest absolute Gasteiger partial charge is 0.452 e.